The molecule has 11 heteroatoms. The zero-order valence-electron chi connectivity index (χ0n) is 19.1. The number of imide groups is 1. The van der Waals surface area contributed by atoms with E-state index < -0.39 is 27.7 Å². The third-order valence-electron chi connectivity index (χ3n) is 5.54. The lowest BCUT2D eigenvalue weighted by atomic mass is 10.0. The standard InChI is InChI=1S/C23H28N2O7S2/c1-31-15-10-12-16(13-11-15)34(29,30)14-6-9-19(26)24-22-20(21(27)25-23(28)32-2)17-7-4-3-5-8-18(17)33-22/h10-13H,3-9,14H2,1-2H3,(H,24,26)(H,25,27,28). The van der Waals surface area contributed by atoms with Crippen LogP contribution in [0, 0.1) is 0 Å². The first-order valence-electron chi connectivity index (χ1n) is 11.0. The van der Waals surface area contributed by atoms with Crippen LogP contribution in [0.5, 0.6) is 5.75 Å². The minimum absolute atomic E-state index is 0.0317. The van der Waals surface area contributed by atoms with Crippen LogP contribution in [0.4, 0.5) is 9.80 Å². The molecule has 3 rings (SSSR count). The van der Waals surface area contributed by atoms with Gasteiger partial charge in [0.05, 0.1) is 30.4 Å². The zero-order valence-corrected chi connectivity index (χ0v) is 20.8. The van der Waals surface area contributed by atoms with E-state index in [4.69, 9.17) is 4.74 Å². The number of amides is 3. The molecular weight excluding hydrogens is 480 g/mol. The number of anilines is 1. The smallest absolute Gasteiger partial charge is 0.413 e. The molecule has 0 aliphatic heterocycles. The van der Waals surface area contributed by atoms with Crippen molar-refractivity contribution in [2.45, 2.75) is 49.8 Å². The number of hydrogen-bond donors (Lipinski definition) is 2. The molecule has 0 atom stereocenters. The molecule has 0 saturated carbocycles. The highest BCUT2D eigenvalue weighted by Crippen LogP contribution is 2.37. The van der Waals surface area contributed by atoms with Gasteiger partial charge in [-0.05, 0) is 61.9 Å². The molecule has 0 spiro atoms. The Morgan fingerprint density at radius 1 is 1.03 bits per heavy atom. The fraction of sp³-hybridized carbons (Fsp3) is 0.435. The number of alkyl carbamates (subject to hydrolysis) is 1. The Bertz CT molecular complexity index is 1150. The molecule has 1 aromatic heterocycles. The Balaban J connectivity index is 1.67. The van der Waals surface area contributed by atoms with Crippen LogP contribution in [-0.2, 0) is 32.2 Å². The lowest BCUT2D eigenvalue weighted by Gasteiger charge is -2.09. The minimum Gasteiger partial charge on any atom is -0.497 e. The monoisotopic (exact) mass is 508 g/mol. The highest BCUT2D eigenvalue weighted by molar-refractivity contribution is 7.91. The quantitative estimate of drug-likeness (QED) is 0.520. The highest BCUT2D eigenvalue weighted by Gasteiger charge is 2.27. The Morgan fingerprint density at radius 3 is 2.41 bits per heavy atom. The molecule has 3 amide bonds. The van der Waals surface area contributed by atoms with E-state index in [0.29, 0.717) is 17.2 Å². The topological polar surface area (TPSA) is 128 Å². The van der Waals surface area contributed by atoms with Crippen molar-refractivity contribution in [2.24, 2.45) is 0 Å². The Morgan fingerprint density at radius 2 is 1.74 bits per heavy atom. The summed E-state index contributed by atoms with van der Waals surface area (Å²) in [5, 5.41) is 5.30. The molecule has 0 unspecified atom stereocenters. The predicted molar refractivity (Wildman–Crippen MR) is 128 cm³/mol. The second-order valence-electron chi connectivity index (χ2n) is 7.86. The first-order valence-corrected chi connectivity index (χ1v) is 13.4. The number of rotatable bonds is 8. The van der Waals surface area contributed by atoms with Crippen molar-refractivity contribution < 1.29 is 32.3 Å². The number of benzene rings is 1. The maximum Gasteiger partial charge on any atom is 0.413 e. The van der Waals surface area contributed by atoms with Gasteiger partial charge in [-0.3, -0.25) is 14.9 Å². The number of ether oxygens (including phenoxy) is 2. The van der Waals surface area contributed by atoms with Crippen molar-refractivity contribution >= 4 is 44.1 Å². The molecule has 1 aliphatic rings. The molecule has 0 saturated heterocycles. The fourth-order valence-electron chi connectivity index (χ4n) is 3.79. The summed E-state index contributed by atoms with van der Waals surface area (Å²) < 4.78 is 34.7. The summed E-state index contributed by atoms with van der Waals surface area (Å²) in [6.07, 6.45) is 3.65. The summed E-state index contributed by atoms with van der Waals surface area (Å²) in [5.74, 6) is -0.652. The van der Waals surface area contributed by atoms with Gasteiger partial charge in [-0.2, -0.15) is 0 Å². The first kappa shape index (κ1) is 25.7. The van der Waals surface area contributed by atoms with E-state index in [1.54, 1.807) is 12.1 Å². The van der Waals surface area contributed by atoms with Crippen molar-refractivity contribution in [1.82, 2.24) is 5.32 Å². The molecule has 184 valence electrons. The van der Waals surface area contributed by atoms with Gasteiger partial charge in [0, 0.05) is 11.3 Å². The molecule has 2 aromatic rings. The maximum atomic E-state index is 12.8. The van der Waals surface area contributed by atoms with Crippen molar-refractivity contribution in [2.75, 3.05) is 25.3 Å². The Hall–Kier alpha value is -2.92. The van der Waals surface area contributed by atoms with Gasteiger partial charge in [-0.1, -0.05) is 6.42 Å². The number of thiophene rings is 1. The molecule has 1 aromatic carbocycles. The molecule has 0 radical (unpaired) electrons. The summed E-state index contributed by atoms with van der Waals surface area (Å²) in [5.41, 5.74) is 1.13. The normalized spacial score (nSPS) is 13.4. The molecule has 0 bridgehead atoms. The lowest BCUT2D eigenvalue weighted by molar-refractivity contribution is -0.116. The molecule has 1 aliphatic carbocycles. The molecule has 9 nitrogen and oxygen atoms in total. The van der Waals surface area contributed by atoms with E-state index in [-0.39, 0.29) is 29.1 Å². The second-order valence-corrected chi connectivity index (χ2v) is 11.1. The minimum atomic E-state index is -3.55. The SMILES string of the molecule is COC(=O)NC(=O)c1c(NC(=O)CCCS(=O)(=O)c2ccc(OC)cc2)sc2c1CCCCC2. The predicted octanol–water partition coefficient (Wildman–Crippen LogP) is 3.71. The number of carbonyl (C=O) groups is 3. The molecule has 1 heterocycles. The van der Waals surface area contributed by atoms with E-state index in [9.17, 15) is 22.8 Å². The molecule has 2 N–H and O–H groups in total. The summed E-state index contributed by atoms with van der Waals surface area (Å²) in [7, 11) is -0.882. The summed E-state index contributed by atoms with van der Waals surface area (Å²) in [4.78, 5) is 38.1. The number of fused-ring (bicyclic) bond motifs is 1. The zero-order chi connectivity index (χ0) is 24.7. The van der Waals surface area contributed by atoms with E-state index in [0.717, 1.165) is 36.1 Å². The van der Waals surface area contributed by atoms with Crippen LogP contribution in [0.1, 0.15) is 52.9 Å². The van der Waals surface area contributed by atoms with Crippen molar-refractivity contribution in [1.29, 1.82) is 0 Å². The molecule has 34 heavy (non-hydrogen) atoms. The fourth-order valence-corrected chi connectivity index (χ4v) is 6.40. The molecular formula is C23H28N2O7S2. The van der Waals surface area contributed by atoms with E-state index in [1.807, 2.05) is 0 Å². The lowest BCUT2D eigenvalue weighted by Crippen LogP contribution is -2.31. The third-order valence-corrected chi connectivity index (χ3v) is 8.56. The Kier molecular flexibility index (Phi) is 8.67. The average molecular weight is 509 g/mol. The van der Waals surface area contributed by atoms with Gasteiger partial charge in [-0.25, -0.2) is 13.2 Å². The third kappa shape index (κ3) is 6.35. The van der Waals surface area contributed by atoms with Gasteiger partial charge >= 0.3 is 6.09 Å². The molecule has 0 fully saturated rings. The van der Waals surface area contributed by atoms with Crippen LogP contribution in [0.25, 0.3) is 0 Å². The van der Waals surface area contributed by atoms with Crippen LogP contribution >= 0.6 is 11.3 Å². The number of nitrogens with one attached hydrogen (secondary N) is 2. The van der Waals surface area contributed by atoms with Gasteiger partial charge in [0.15, 0.2) is 9.84 Å². The van der Waals surface area contributed by atoms with Gasteiger partial charge in [0.1, 0.15) is 10.8 Å². The number of hydrogen-bond acceptors (Lipinski definition) is 8. The number of sulfone groups is 1. The highest BCUT2D eigenvalue weighted by atomic mass is 32.2. The van der Waals surface area contributed by atoms with Crippen LogP contribution in [0.2, 0.25) is 0 Å². The second kappa shape index (κ2) is 11.5. The van der Waals surface area contributed by atoms with Crippen LogP contribution in [0.15, 0.2) is 29.2 Å². The largest absolute Gasteiger partial charge is 0.497 e. The van der Waals surface area contributed by atoms with Crippen molar-refractivity contribution in [3.63, 3.8) is 0 Å². The van der Waals surface area contributed by atoms with Gasteiger partial charge < -0.3 is 14.8 Å². The summed E-state index contributed by atoms with van der Waals surface area (Å²) in [6, 6.07) is 6.08. The average Bonchev–Trinajstić information content (AvgIpc) is 2.98. The van der Waals surface area contributed by atoms with E-state index >= 15 is 0 Å². The number of aryl methyl sites for hydroxylation is 1. The van der Waals surface area contributed by atoms with E-state index in [1.165, 1.54) is 37.7 Å². The van der Waals surface area contributed by atoms with Crippen LogP contribution in [-0.4, -0.2) is 46.3 Å². The summed E-state index contributed by atoms with van der Waals surface area (Å²) in [6.45, 7) is 0. The maximum absolute atomic E-state index is 12.8. The summed E-state index contributed by atoms with van der Waals surface area (Å²) >= 11 is 1.33. The van der Waals surface area contributed by atoms with Crippen molar-refractivity contribution in [3.8, 4) is 5.75 Å². The van der Waals surface area contributed by atoms with E-state index in [2.05, 4.69) is 15.4 Å². The van der Waals surface area contributed by atoms with Gasteiger partial charge in [0.2, 0.25) is 5.91 Å². The number of methoxy groups -OCH3 is 2. The Labute approximate surface area is 202 Å². The number of carbonyl (C=O) groups excluding carboxylic acids is 3. The van der Waals surface area contributed by atoms with Gasteiger partial charge in [-0.15, -0.1) is 11.3 Å². The van der Waals surface area contributed by atoms with Crippen LogP contribution in [0.3, 0.4) is 0 Å². The first-order chi connectivity index (χ1) is 16.2. The van der Waals surface area contributed by atoms with Gasteiger partial charge in [0.25, 0.3) is 5.91 Å². The van der Waals surface area contributed by atoms with Crippen molar-refractivity contribution in [3.05, 3.63) is 40.3 Å². The van der Waals surface area contributed by atoms with Crippen LogP contribution < -0.4 is 15.4 Å².